The predicted molar refractivity (Wildman–Crippen MR) is 115 cm³/mol. The van der Waals surface area contributed by atoms with Gasteiger partial charge < -0.3 is 10.1 Å². The van der Waals surface area contributed by atoms with Gasteiger partial charge in [-0.3, -0.25) is 9.20 Å². The zero-order chi connectivity index (χ0) is 21.1. The fourth-order valence-electron chi connectivity index (χ4n) is 3.13. The van der Waals surface area contributed by atoms with E-state index in [9.17, 15) is 9.18 Å². The van der Waals surface area contributed by atoms with Crippen molar-refractivity contribution in [2.75, 3.05) is 5.32 Å². The molecule has 0 aliphatic carbocycles. The normalized spacial score (nSPS) is 10.9. The zero-order valence-electron chi connectivity index (χ0n) is 16.2. The third kappa shape index (κ3) is 4.28. The van der Waals surface area contributed by atoms with Crippen molar-refractivity contribution >= 4 is 28.8 Å². The van der Waals surface area contributed by atoms with Gasteiger partial charge in [-0.1, -0.05) is 30.7 Å². The molecule has 0 saturated carbocycles. The Labute approximate surface area is 178 Å². The number of hydrogen-bond donors (Lipinski definition) is 1. The Hall–Kier alpha value is -3.38. The number of benzene rings is 2. The molecule has 4 rings (SSSR count). The summed E-state index contributed by atoms with van der Waals surface area (Å²) in [5, 5.41) is 3.52. The summed E-state index contributed by atoms with van der Waals surface area (Å²) in [6.45, 7) is 2.32. The van der Waals surface area contributed by atoms with Crippen LogP contribution in [0.5, 0.6) is 5.75 Å². The van der Waals surface area contributed by atoms with E-state index in [-0.39, 0.29) is 5.91 Å². The number of imidazole rings is 1. The van der Waals surface area contributed by atoms with Crippen molar-refractivity contribution in [2.45, 2.75) is 20.0 Å². The number of carbonyl (C=O) groups excluding carboxylic acids is 1. The Kier molecular flexibility index (Phi) is 5.68. The van der Waals surface area contributed by atoms with Gasteiger partial charge in [0.2, 0.25) is 0 Å². The highest BCUT2D eigenvalue weighted by atomic mass is 35.5. The van der Waals surface area contributed by atoms with Crippen LogP contribution in [0.15, 0.2) is 66.9 Å². The van der Waals surface area contributed by atoms with E-state index in [1.54, 1.807) is 30.3 Å². The number of pyridine rings is 1. The summed E-state index contributed by atoms with van der Waals surface area (Å²) in [7, 11) is 0. The maximum Gasteiger partial charge on any atom is 0.274 e. The lowest BCUT2D eigenvalue weighted by atomic mass is 10.2. The number of rotatable bonds is 6. The van der Waals surface area contributed by atoms with Gasteiger partial charge in [0.25, 0.3) is 5.91 Å². The highest BCUT2D eigenvalue weighted by Crippen LogP contribution is 2.20. The second-order valence-electron chi connectivity index (χ2n) is 6.73. The van der Waals surface area contributed by atoms with Gasteiger partial charge in [0, 0.05) is 16.9 Å². The SMILES string of the molecule is CCc1nc2ccc(F)cn2c1C(=O)Nc1ccc(OCc2ccc(Cl)cc2)cc1. The molecule has 1 amide bonds. The molecule has 2 heterocycles. The first kappa shape index (κ1) is 19.9. The van der Waals surface area contributed by atoms with Gasteiger partial charge >= 0.3 is 0 Å². The number of hydrogen-bond acceptors (Lipinski definition) is 3. The lowest BCUT2D eigenvalue weighted by Crippen LogP contribution is -2.16. The Morgan fingerprint density at radius 2 is 1.83 bits per heavy atom. The first-order valence-electron chi connectivity index (χ1n) is 9.48. The number of carbonyl (C=O) groups is 1. The molecule has 4 aromatic rings. The van der Waals surface area contributed by atoms with E-state index in [0.717, 1.165) is 5.56 Å². The Morgan fingerprint density at radius 3 is 2.53 bits per heavy atom. The molecule has 2 aromatic heterocycles. The van der Waals surface area contributed by atoms with Gasteiger partial charge in [-0.05, 0) is 60.5 Å². The summed E-state index contributed by atoms with van der Waals surface area (Å²) in [5.41, 5.74) is 3.08. The number of fused-ring (bicyclic) bond motifs is 1. The van der Waals surface area contributed by atoms with E-state index in [4.69, 9.17) is 16.3 Å². The smallest absolute Gasteiger partial charge is 0.274 e. The quantitative estimate of drug-likeness (QED) is 0.444. The average molecular weight is 424 g/mol. The van der Waals surface area contributed by atoms with Crippen molar-refractivity contribution < 1.29 is 13.9 Å². The lowest BCUT2D eigenvalue weighted by Gasteiger charge is -2.09. The molecule has 0 spiro atoms. The first-order valence-corrected chi connectivity index (χ1v) is 9.86. The number of ether oxygens (including phenoxy) is 1. The summed E-state index contributed by atoms with van der Waals surface area (Å²) in [4.78, 5) is 17.3. The number of nitrogens with zero attached hydrogens (tertiary/aromatic N) is 2. The molecule has 0 saturated heterocycles. The summed E-state index contributed by atoms with van der Waals surface area (Å²) in [6.07, 6.45) is 1.83. The molecule has 2 aromatic carbocycles. The molecule has 0 unspecified atom stereocenters. The molecule has 152 valence electrons. The van der Waals surface area contributed by atoms with Gasteiger partial charge in [0.05, 0.1) is 5.69 Å². The molecule has 0 atom stereocenters. The minimum atomic E-state index is -0.432. The second-order valence-corrected chi connectivity index (χ2v) is 7.17. The number of aromatic nitrogens is 2. The molecule has 0 radical (unpaired) electrons. The van der Waals surface area contributed by atoms with E-state index in [1.807, 2.05) is 31.2 Å². The van der Waals surface area contributed by atoms with Gasteiger partial charge in [-0.25, -0.2) is 9.37 Å². The number of amides is 1. The Balaban J connectivity index is 1.47. The minimum Gasteiger partial charge on any atom is -0.489 e. The van der Waals surface area contributed by atoms with Crippen LogP contribution >= 0.6 is 11.6 Å². The van der Waals surface area contributed by atoms with Gasteiger partial charge in [0.15, 0.2) is 0 Å². The number of nitrogens with one attached hydrogen (secondary N) is 1. The summed E-state index contributed by atoms with van der Waals surface area (Å²) < 4.78 is 20.9. The van der Waals surface area contributed by atoms with Crippen molar-refractivity contribution in [3.63, 3.8) is 0 Å². The third-order valence-electron chi connectivity index (χ3n) is 4.64. The molecular formula is C23H19ClFN3O2. The third-order valence-corrected chi connectivity index (χ3v) is 4.89. The Morgan fingerprint density at radius 1 is 1.10 bits per heavy atom. The fraction of sp³-hybridized carbons (Fsp3) is 0.130. The van der Waals surface area contributed by atoms with Crippen molar-refractivity contribution in [1.82, 2.24) is 9.38 Å². The largest absolute Gasteiger partial charge is 0.489 e. The zero-order valence-corrected chi connectivity index (χ0v) is 17.0. The molecule has 0 aliphatic heterocycles. The summed E-state index contributed by atoms with van der Waals surface area (Å²) in [5.74, 6) is -0.104. The van der Waals surface area contributed by atoms with E-state index in [2.05, 4.69) is 10.3 Å². The Bertz CT molecular complexity index is 1190. The molecule has 1 N–H and O–H groups in total. The number of halogens is 2. The molecule has 7 heteroatoms. The van der Waals surface area contributed by atoms with Crippen LogP contribution in [0.4, 0.5) is 10.1 Å². The summed E-state index contributed by atoms with van der Waals surface area (Å²) in [6, 6.07) is 17.4. The topological polar surface area (TPSA) is 55.6 Å². The molecule has 0 bridgehead atoms. The monoisotopic (exact) mass is 423 g/mol. The van der Waals surface area contributed by atoms with E-state index >= 15 is 0 Å². The molecular weight excluding hydrogens is 405 g/mol. The molecule has 5 nitrogen and oxygen atoms in total. The lowest BCUT2D eigenvalue weighted by molar-refractivity contribution is 0.102. The van der Waals surface area contributed by atoms with Crippen LogP contribution in [0.1, 0.15) is 28.7 Å². The predicted octanol–water partition coefficient (Wildman–Crippen LogP) is 5.52. The number of anilines is 1. The van der Waals surface area contributed by atoms with Crippen LogP contribution < -0.4 is 10.1 Å². The van der Waals surface area contributed by atoms with Crippen molar-refractivity contribution in [1.29, 1.82) is 0 Å². The standard InChI is InChI=1S/C23H19ClFN3O2/c1-2-20-22(28-13-17(25)7-12-21(28)27-20)23(29)26-18-8-10-19(11-9-18)30-14-15-3-5-16(24)6-4-15/h3-13H,2,14H2,1H3,(H,26,29). The van der Waals surface area contributed by atoms with Crippen LogP contribution in [0.25, 0.3) is 5.65 Å². The maximum atomic E-state index is 13.7. The highest BCUT2D eigenvalue weighted by Gasteiger charge is 2.18. The van der Waals surface area contributed by atoms with Crippen LogP contribution in [-0.2, 0) is 13.0 Å². The van der Waals surface area contributed by atoms with Crippen molar-refractivity contribution in [3.8, 4) is 5.75 Å². The van der Waals surface area contributed by atoms with Gasteiger partial charge in [-0.15, -0.1) is 0 Å². The molecule has 0 fully saturated rings. The fourth-order valence-corrected chi connectivity index (χ4v) is 3.25. The summed E-state index contributed by atoms with van der Waals surface area (Å²) >= 11 is 5.88. The van der Waals surface area contributed by atoms with E-state index in [0.29, 0.717) is 46.5 Å². The van der Waals surface area contributed by atoms with E-state index in [1.165, 1.54) is 16.7 Å². The van der Waals surface area contributed by atoms with Crippen LogP contribution in [-0.4, -0.2) is 15.3 Å². The van der Waals surface area contributed by atoms with Crippen molar-refractivity contribution in [2.24, 2.45) is 0 Å². The van der Waals surface area contributed by atoms with Crippen LogP contribution in [0, 0.1) is 5.82 Å². The van der Waals surface area contributed by atoms with E-state index < -0.39 is 5.82 Å². The number of aryl methyl sites for hydroxylation is 1. The van der Waals surface area contributed by atoms with Crippen LogP contribution in [0.2, 0.25) is 5.02 Å². The van der Waals surface area contributed by atoms with Crippen molar-refractivity contribution in [3.05, 3.63) is 94.7 Å². The van der Waals surface area contributed by atoms with Gasteiger partial charge in [-0.2, -0.15) is 0 Å². The first-order chi connectivity index (χ1) is 14.5. The second kappa shape index (κ2) is 8.55. The van der Waals surface area contributed by atoms with Gasteiger partial charge in [0.1, 0.15) is 29.5 Å². The maximum absolute atomic E-state index is 13.7. The average Bonchev–Trinajstić information content (AvgIpc) is 3.12. The molecule has 0 aliphatic rings. The molecule has 30 heavy (non-hydrogen) atoms. The highest BCUT2D eigenvalue weighted by molar-refractivity contribution is 6.30. The van der Waals surface area contributed by atoms with Crippen LogP contribution in [0.3, 0.4) is 0 Å². The minimum absolute atomic E-state index is 0.329.